The summed E-state index contributed by atoms with van der Waals surface area (Å²) in [6.45, 7) is 6.94. The summed E-state index contributed by atoms with van der Waals surface area (Å²) in [5, 5.41) is 11.9. The van der Waals surface area contributed by atoms with Crippen LogP contribution in [0.2, 0.25) is 0 Å². The van der Waals surface area contributed by atoms with Crippen LogP contribution in [0.3, 0.4) is 0 Å². The van der Waals surface area contributed by atoms with Crippen molar-refractivity contribution in [3.8, 4) is 0 Å². The number of nitrogens with zero attached hydrogens (tertiary/aromatic N) is 1. The monoisotopic (exact) mass is 301 g/mol. The van der Waals surface area contributed by atoms with Gasteiger partial charge in [-0.2, -0.15) is 0 Å². The fraction of sp³-hybridized carbons (Fsp3) is 0.857. The number of aliphatic hydroxyl groups excluding tert-OH is 1. The molecule has 0 aromatic rings. The number of nitrogens with one attached hydrogen (secondary N) is 1. The van der Waals surface area contributed by atoms with E-state index < -0.39 is 17.6 Å². The SMILES string of the molecule is CC(C)(C)OC(=O)NC1CC(CCO)CN(CC(N)=O)C1. The maximum Gasteiger partial charge on any atom is 0.407 e. The molecule has 1 aliphatic rings. The predicted octanol–water partition coefficient (Wildman–Crippen LogP) is 0.0693. The summed E-state index contributed by atoms with van der Waals surface area (Å²) in [5.41, 5.74) is 4.69. The lowest BCUT2D eigenvalue weighted by molar-refractivity contribution is -0.119. The third kappa shape index (κ3) is 7.29. The van der Waals surface area contributed by atoms with Gasteiger partial charge in [-0.3, -0.25) is 9.69 Å². The number of carbonyl (C=O) groups excluding carboxylic acids is 2. The molecule has 1 heterocycles. The molecule has 1 saturated heterocycles. The van der Waals surface area contributed by atoms with Crippen molar-refractivity contribution in [2.24, 2.45) is 11.7 Å². The molecule has 2 unspecified atom stereocenters. The smallest absolute Gasteiger partial charge is 0.407 e. The molecule has 1 fully saturated rings. The Morgan fingerprint density at radius 2 is 2.05 bits per heavy atom. The van der Waals surface area contributed by atoms with E-state index in [2.05, 4.69) is 5.32 Å². The first-order valence-corrected chi connectivity index (χ1v) is 7.30. The number of carbonyl (C=O) groups is 2. The zero-order chi connectivity index (χ0) is 16.0. The Labute approximate surface area is 125 Å². The molecule has 0 aromatic carbocycles. The van der Waals surface area contributed by atoms with Crippen LogP contribution in [0.1, 0.15) is 33.6 Å². The number of piperidine rings is 1. The van der Waals surface area contributed by atoms with Gasteiger partial charge in [0.25, 0.3) is 0 Å². The van der Waals surface area contributed by atoms with Crippen LogP contribution in [0, 0.1) is 5.92 Å². The van der Waals surface area contributed by atoms with Crippen molar-refractivity contribution in [1.82, 2.24) is 10.2 Å². The fourth-order valence-corrected chi connectivity index (χ4v) is 2.62. The Kier molecular flexibility index (Phi) is 6.42. The topological polar surface area (TPSA) is 105 Å². The van der Waals surface area contributed by atoms with Crippen molar-refractivity contribution < 1.29 is 19.4 Å². The molecule has 0 spiro atoms. The quantitative estimate of drug-likeness (QED) is 0.666. The van der Waals surface area contributed by atoms with Crippen LogP contribution in [0.15, 0.2) is 0 Å². The van der Waals surface area contributed by atoms with Crippen molar-refractivity contribution in [1.29, 1.82) is 0 Å². The van der Waals surface area contributed by atoms with Crippen LogP contribution < -0.4 is 11.1 Å². The zero-order valence-electron chi connectivity index (χ0n) is 13.1. The van der Waals surface area contributed by atoms with Gasteiger partial charge in [-0.1, -0.05) is 0 Å². The molecule has 4 N–H and O–H groups in total. The van der Waals surface area contributed by atoms with Crippen LogP contribution in [0.4, 0.5) is 4.79 Å². The van der Waals surface area contributed by atoms with Gasteiger partial charge in [-0.15, -0.1) is 0 Å². The minimum absolute atomic E-state index is 0.0915. The van der Waals surface area contributed by atoms with Gasteiger partial charge in [0.05, 0.1) is 6.54 Å². The second kappa shape index (κ2) is 7.61. The van der Waals surface area contributed by atoms with Crippen LogP contribution in [0.5, 0.6) is 0 Å². The lowest BCUT2D eigenvalue weighted by atomic mass is 9.91. The van der Waals surface area contributed by atoms with E-state index in [1.165, 1.54) is 0 Å². The van der Waals surface area contributed by atoms with Crippen LogP contribution in [0.25, 0.3) is 0 Å². The number of rotatable bonds is 5. The van der Waals surface area contributed by atoms with Crippen LogP contribution >= 0.6 is 0 Å². The molecule has 122 valence electrons. The molecule has 0 aliphatic carbocycles. The summed E-state index contributed by atoms with van der Waals surface area (Å²) in [5.74, 6) is -0.168. The lowest BCUT2D eigenvalue weighted by Gasteiger charge is -2.37. The number of likely N-dealkylation sites (tertiary alicyclic amines) is 1. The summed E-state index contributed by atoms with van der Waals surface area (Å²) in [7, 11) is 0. The van der Waals surface area contributed by atoms with E-state index in [1.807, 2.05) is 4.90 Å². The van der Waals surface area contributed by atoms with E-state index in [4.69, 9.17) is 15.6 Å². The van der Waals surface area contributed by atoms with E-state index in [0.717, 1.165) is 6.42 Å². The highest BCUT2D eigenvalue weighted by Crippen LogP contribution is 2.20. The van der Waals surface area contributed by atoms with Crippen LogP contribution in [-0.4, -0.2) is 59.9 Å². The zero-order valence-corrected chi connectivity index (χ0v) is 13.1. The van der Waals surface area contributed by atoms with E-state index >= 15 is 0 Å². The van der Waals surface area contributed by atoms with E-state index in [0.29, 0.717) is 19.5 Å². The number of ether oxygens (including phenoxy) is 1. The highest BCUT2D eigenvalue weighted by molar-refractivity contribution is 5.76. The second-order valence-electron chi connectivity index (χ2n) is 6.62. The summed E-state index contributed by atoms with van der Waals surface area (Å²) >= 11 is 0. The number of alkyl carbamates (subject to hydrolysis) is 1. The number of hydrogen-bond donors (Lipinski definition) is 3. The summed E-state index contributed by atoms with van der Waals surface area (Å²) in [4.78, 5) is 24.8. The first-order chi connectivity index (χ1) is 9.69. The molecule has 7 heteroatoms. The maximum atomic E-state index is 11.8. The molecule has 0 radical (unpaired) electrons. The Bertz CT molecular complexity index is 368. The van der Waals surface area contributed by atoms with Crippen molar-refractivity contribution in [3.63, 3.8) is 0 Å². The summed E-state index contributed by atoms with van der Waals surface area (Å²) in [6, 6.07) is -0.107. The average molecular weight is 301 g/mol. The maximum absolute atomic E-state index is 11.8. The first kappa shape index (κ1) is 17.7. The Morgan fingerprint density at radius 3 is 2.57 bits per heavy atom. The van der Waals surface area contributed by atoms with Gasteiger partial charge in [0.15, 0.2) is 0 Å². The van der Waals surface area contributed by atoms with Gasteiger partial charge >= 0.3 is 6.09 Å². The summed E-state index contributed by atoms with van der Waals surface area (Å²) in [6.07, 6.45) is 0.938. The molecule has 1 aliphatic heterocycles. The normalized spacial score (nSPS) is 23.6. The Morgan fingerprint density at radius 1 is 1.38 bits per heavy atom. The van der Waals surface area contributed by atoms with E-state index in [-0.39, 0.29) is 25.1 Å². The molecule has 0 bridgehead atoms. The van der Waals surface area contributed by atoms with Crippen molar-refractivity contribution in [2.45, 2.75) is 45.3 Å². The molecule has 21 heavy (non-hydrogen) atoms. The molecular formula is C14H27N3O4. The van der Waals surface area contributed by atoms with Crippen LogP contribution in [-0.2, 0) is 9.53 Å². The number of aliphatic hydroxyl groups is 1. The van der Waals surface area contributed by atoms with Crippen molar-refractivity contribution in [3.05, 3.63) is 0 Å². The Hall–Kier alpha value is -1.34. The number of nitrogens with two attached hydrogens (primary N) is 1. The molecular weight excluding hydrogens is 274 g/mol. The molecule has 7 nitrogen and oxygen atoms in total. The van der Waals surface area contributed by atoms with Gasteiger partial charge in [0, 0.05) is 25.7 Å². The molecule has 2 amide bonds. The fourth-order valence-electron chi connectivity index (χ4n) is 2.62. The van der Waals surface area contributed by atoms with Gasteiger partial charge < -0.3 is 20.9 Å². The predicted molar refractivity (Wildman–Crippen MR) is 78.6 cm³/mol. The molecule has 0 aromatic heterocycles. The first-order valence-electron chi connectivity index (χ1n) is 7.30. The van der Waals surface area contributed by atoms with E-state index in [9.17, 15) is 9.59 Å². The highest BCUT2D eigenvalue weighted by atomic mass is 16.6. The highest BCUT2D eigenvalue weighted by Gasteiger charge is 2.29. The molecule has 0 saturated carbocycles. The van der Waals surface area contributed by atoms with Gasteiger partial charge in [0.1, 0.15) is 5.60 Å². The average Bonchev–Trinajstić information content (AvgIpc) is 2.24. The van der Waals surface area contributed by atoms with Crippen molar-refractivity contribution in [2.75, 3.05) is 26.2 Å². The van der Waals surface area contributed by atoms with Gasteiger partial charge in [-0.05, 0) is 39.5 Å². The lowest BCUT2D eigenvalue weighted by Crippen LogP contribution is -2.53. The van der Waals surface area contributed by atoms with Gasteiger partial charge in [-0.25, -0.2) is 4.79 Å². The molecule has 1 rings (SSSR count). The second-order valence-corrected chi connectivity index (χ2v) is 6.62. The number of amides is 2. The summed E-state index contributed by atoms with van der Waals surface area (Å²) < 4.78 is 5.24. The number of hydrogen-bond acceptors (Lipinski definition) is 5. The molecule has 2 atom stereocenters. The standard InChI is InChI=1S/C14H27N3O4/c1-14(2,3)21-13(20)16-11-6-10(4-5-18)7-17(8-11)9-12(15)19/h10-11,18H,4-9H2,1-3H3,(H2,15,19)(H,16,20). The minimum Gasteiger partial charge on any atom is -0.444 e. The third-order valence-corrected chi connectivity index (χ3v) is 3.25. The largest absolute Gasteiger partial charge is 0.444 e. The minimum atomic E-state index is -0.545. The Balaban J connectivity index is 2.58. The van der Waals surface area contributed by atoms with Gasteiger partial charge in [0.2, 0.25) is 5.91 Å². The third-order valence-electron chi connectivity index (χ3n) is 3.25. The van der Waals surface area contributed by atoms with E-state index in [1.54, 1.807) is 20.8 Å². The number of primary amides is 1. The van der Waals surface area contributed by atoms with Crippen molar-refractivity contribution >= 4 is 12.0 Å².